The number of rotatable bonds is 4. The summed E-state index contributed by atoms with van der Waals surface area (Å²) < 4.78 is 17.8. The Morgan fingerprint density at radius 3 is 1.30 bits per heavy atom. The fraction of sp³-hybridized carbons (Fsp3) is 1.00. The van der Waals surface area contributed by atoms with E-state index in [1.54, 1.807) is 0 Å². The summed E-state index contributed by atoms with van der Waals surface area (Å²) in [5, 5.41) is 0. The molecule has 0 radical (unpaired) electrons. The summed E-state index contributed by atoms with van der Waals surface area (Å²) in [6, 6.07) is 1.37. The van der Waals surface area contributed by atoms with Crippen LogP contribution < -0.4 is 0 Å². The first-order valence-electron chi connectivity index (χ1n) is 8.16. The van der Waals surface area contributed by atoms with Crippen molar-refractivity contribution >= 4 is 33.5 Å². The molecule has 0 spiro atoms. The van der Waals surface area contributed by atoms with E-state index in [2.05, 4.69) is 65.5 Å². The summed E-state index contributed by atoms with van der Waals surface area (Å²) in [6.45, 7) is 23.2. The predicted molar refractivity (Wildman–Crippen MR) is 117 cm³/mol. The first-order chi connectivity index (χ1) is 9.12. The lowest BCUT2D eigenvalue weighted by molar-refractivity contribution is 0.275. The SMILES string of the molecule is C.C.C[Si](C)(C)O[Si](C)(C)O[Si](C)(C)C.C[Si]1(C)CCCCO1. The van der Waals surface area contributed by atoms with Crippen LogP contribution in [0.1, 0.15) is 27.7 Å². The second-order valence-corrected chi connectivity index (χ2v) is 26.1. The van der Waals surface area contributed by atoms with Crippen LogP contribution in [0.4, 0.5) is 0 Å². The molecule has 0 amide bonds. The van der Waals surface area contributed by atoms with Crippen molar-refractivity contribution in [1.82, 2.24) is 0 Å². The average Bonchev–Trinajstić information content (AvgIpc) is 2.08. The van der Waals surface area contributed by atoms with Gasteiger partial charge in [0.2, 0.25) is 0 Å². The molecular weight excluding hydrogens is 353 g/mol. The van der Waals surface area contributed by atoms with E-state index in [1.807, 2.05) is 0 Å². The van der Waals surface area contributed by atoms with Crippen molar-refractivity contribution in [2.45, 2.75) is 99.2 Å². The second kappa shape index (κ2) is 10.7. The lowest BCUT2D eigenvalue weighted by atomic mass is 10.4. The zero-order chi connectivity index (χ0) is 16.9. The van der Waals surface area contributed by atoms with Crippen LogP contribution in [0.5, 0.6) is 0 Å². The maximum Gasteiger partial charge on any atom is 0.311 e. The zero-order valence-corrected chi connectivity index (χ0v) is 20.1. The summed E-state index contributed by atoms with van der Waals surface area (Å²) in [5.41, 5.74) is 0. The lowest BCUT2D eigenvalue weighted by Gasteiger charge is -2.35. The van der Waals surface area contributed by atoms with Crippen LogP contribution >= 0.6 is 0 Å². The van der Waals surface area contributed by atoms with Gasteiger partial charge in [0.1, 0.15) is 0 Å². The summed E-state index contributed by atoms with van der Waals surface area (Å²) in [7, 11) is -5.81. The minimum Gasteiger partial charge on any atom is -0.437 e. The summed E-state index contributed by atoms with van der Waals surface area (Å²) in [4.78, 5) is 0. The molecule has 1 aliphatic rings. The van der Waals surface area contributed by atoms with Crippen LogP contribution in [0.2, 0.25) is 71.5 Å². The van der Waals surface area contributed by atoms with E-state index in [-0.39, 0.29) is 14.9 Å². The molecule has 0 bridgehead atoms. The third kappa shape index (κ3) is 18.9. The Morgan fingerprint density at radius 1 is 0.739 bits per heavy atom. The predicted octanol–water partition coefficient (Wildman–Crippen LogP) is 6.67. The Hall–Kier alpha value is 0.748. The van der Waals surface area contributed by atoms with Gasteiger partial charge in [0.05, 0.1) is 0 Å². The molecule has 0 N–H and O–H groups in total. The highest BCUT2D eigenvalue weighted by Gasteiger charge is 2.35. The van der Waals surface area contributed by atoms with Crippen LogP contribution in [0.15, 0.2) is 0 Å². The van der Waals surface area contributed by atoms with Crippen molar-refractivity contribution < 1.29 is 12.7 Å². The standard InChI is InChI=1S/C8H24O2Si3.C6H14OSi.2CH4/c1-11(2,3)9-13(7,8)10-12(4,5)6;1-8(2)6-4-3-5-7-8;;/h1-8H3;3-6H2,1-2H3;2*1H4. The Balaban J connectivity index is -0.000000347. The number of hydrogen-bond acceptors (Lipinski definition) is 3. The second-order valence-electron chi connectivity index (χ2n) is 8.89. The maximum atomic E-state index is 6.09. The van der Waals surface area contributed by atoms with Crippen molar-refractivity contribution in [3.8, 4) is 0 Å². The average molecular weight is 399 g/mol. The van der Waals surface area contributed by atoms with E-state index in [0.29, 0.717) is 0 Å². The van der Waals surface area contributed by atoms with Gasteiger partial charge in [-0.25, -0.2) is 0 Å². The molecule has 1 fully saturated rings. The van der Waals surface area contributed by atoms with Crippen molar-refractivity contribution in [1.29, 1.82) is 0 Å². The van der Waals surface area contributed by atoms with E-state index >= 15 is 0 Å². The molecule has 23 heavy (non-hydrogen) atoms. The van der Waals surface area contributed by atoms with Gasteiger partial charge in [-0.15, -0.1) is 0 Å². The van der Waals surface area contributed by atoms with E-state index in [1.165, 1.54) is 18.9 Å². The van der Waals surface area contributed by atoms with Crippen molar-refractivity contribution in [3.05, 3.63) is 0 Å². The minimum absolute atomic E-state index is 0. The molecule has 0 aliphatic carbocycles. The van der Waals surface area contributed by atoms with Gasteiger partial charge in [-0.05, 0) is 77.9 Å². The van der Waals surface area contributed by atoms with Crippen LogP contribution in [-0.4, -0.2) is 40.1 Å². The van der Waals surface area contributed by atoms with Crippen molar-refractivity contribution in [3.63, 3.8) is 0 Å². The largest absolute Gasteiger partial charge is 0.437 e. The smallest absolute Gasteiger partial charge is 0.311 e. The van der Waals surface area contributed by atoms with Crippen LogP contribution in [0.25, 0.3) is 0 Å². The quantitative estimate of drug-likeness (QED) is 0.495. The molecule has 1 aliphatic heterocycles. The van der Waals surface area contributed by atoms with Crippen molar-refractivity contribution in [2.24, 2.45) is 0 Å². The van der Waals surface area contributed by atoms with E-state index in [4.69, 9.17) is 12.7 Å². The van der Waals surface area contributed by atoms with Gasteiger partial charge in [0.25, 0.3) is 0 Å². The minimum atomic E-state index is -1.85. The molecular formula is C16H46O3Si4. The fourth-order valence-corrected chi connectivity index (χ4v) is 16.9. The molecule has 0 saturated carbocycles. The molecule has 0 atom stereocenters. The highest BCUT2D eigenvalue weighted by Crippen LogP contribution is 2.20. The van der Waals surface area contributed by atoms with Crippen LogP contribution in [-0.2, 0) is 12.7 Å². The first-order valence-corrected chi connectivity index (χ1v) is 20.9. The molecule has 0 unspecified atom stereocenters. The molecule has 3 nitrogen and oxygen atoms in total. The summed E-state index contributed by atoms with van der Waals surface area (Å²) >= 11 is 0. The lowest BCUT2D eigenvalue weighted by Crippen LogP contribution is -2.50. The molecule has 0 aromatic carbocycles. The molecule has 144 valence electrons. The van der Waals surface area contributed by atoms with Gasteiger partial charge in [-0.2, -0.15) is 0 Å². The van der Waals surface area contributed by atoms with Gasteiger partial charge in [-0.3, -0.25) is 0 Å². The topological polar surface area (TPSA) is 27.7 Å². The molecule has 0 aromatic heterocycles. The van der Waals surface area contributed by atoms with Gasteiger partial charge in [0, 0.05) is 6.61 Å². The van der Waals surface area contributed by atoms with Gasteiger partial charge >= 0.3 is 8.56 Å². The van der Waals surface area contributed by atoms with E-state index in [9.17, 15) is 0 Å². The van der Waals surface area contributed by atoms with Crippen molar-refractivity contribution in [2.75, 3.05) is 6.61 Å². The van der Waals surface area contributed by atoms with Crippen LogP contribution in [0.3, 0.4) is 0 Å². The third-order valence-corrected chi connectivity index (χ3v) is 14.1. The Bertz CT molecular complexity index is 281. The van der Waals surface area contributed by atoms with E-state index < -0.39 is 33.5 Å². The Morgan fingerprint density at radius 2 is 1.13 bits per heavy atom. The molecule has 7 heteroatoms. The van der Waals surface area contributed by atoms with Crippen LogP contribution in [0, 0.1) is 0 Å². The highest BCUT2D eigenvalue weighted by atomic mass is 28.5. The monoisotopic (exact) mass is 398 g/mol. The molecule has 1 heterocycles. The molecule has 1 rings (SSSR count). The summed E-state index contributed by atoms with van der Waals surface area (Å²) in [6.07, 6.45) is 2.69. The fourth-order valence-electron chi connectivity index (χ4n) is 2.57. The normalized spacial score (nSPS) is 18.0. The zero-order valence-electron chi connectivity index (χ0n) is 16.1. The van der Waals surface area contributed by atoms with E-state index in [0.717, 1.165) is 6.61 Å². The molecule has 1 saturated heterocycles. The van der Waals surface area contributed by atoms with Gasteiger partial charge in [-0.1, -0.05) is 21.3 Å². The Kier molecular flexibility index (Phi) is 13.2. The highest BCUT2D eigenvalue weighted by molar-refractivity contribution is 6.87. The first kappa shape index (κ1) is 28.5. The van der Waals surface area contributed by atoms with Gasteiger partial charge in [0.15, 0.2) is 25.0 Å². The molecule has 0 aromatic rings. The third-order valence-electron chi connectivity index (χ3n) is 2.77. The Labute approximate surface area is 152 Å². The number of hydrogen-bond donors (Lipinski definition) is 0. The van der Waals surface area contributed by atoms with Gasteiger partial charge < -0.3 is 12.7 Å². The maximum absolute atomic E-state index is 6.09. The summed E-state index contributed by atoms with van der Waals surface area (Å²) in [5.74, 6) is 0.